The van der Waals surface area contributed by atoms with E-state index in [1.807, 2.05) is 6.92 Å². The van der Waals surface area contributed by atoms with Gasteiger partial charge in [-0.25, -0.2) is 0 Å². The van der Waals surface area contributed by atoms with Crippen molar-refractivity contribution in [3.63, 3.8) is 0 Å². The quantitative estimate of drug-likeness (QED) is 0.714. The third-order valence-corrected chi connectivity index (χ3v) is 3.23. The van der Waals surface area contributed by atoms with Crippen molar-refractivity contribution in [1.82, 2.24) is 0 Å². The van der Waals surface area contributed by atoms with E-state index in [9.17, 15) is 26.3 Å². The Bertz CT molecular complexity index is 515. The highest BCUT2D eigenvalue weighted by atomic mass is 35.5. The largest absolute Gasteiger partial charge is 0.496 e. The summed E-state index contributed by atoms with van der Waals surface area (Å²) in [6.45, 7) is 1.83. The maximum atomic E-state index is 13.1. The van der Waals surface area contributed by atoms with Gasteiger partial charge in [0.15, 0.2) is 0 Å². The molecule has 9 heteroatoms. The SMILES string of the molecule is CCCC[C@H](N)c1c(OC)cc(C(F)(F)F)cc1C(F)(F)F.Cl. The number of methoxy groups -OCH3 is 1. The fourth-order valence-corrected chi connectivity index (χ4v) is 2.14. The molecule has 0 aliphatic carbocycles. The lowest BCUT2D eigenvalue weighted by Crippen LogP contribution is -2.20. The Labute approximate surface area is 136 Å². The highest BCUT2D eigenvalue weighted by Gasteiger charge is 2.40. The molecule has 0 spiro atoms. The molecule has 0 saturated heterocycles. The van der Waals surface area contributed by atoms with Gasteiger partial charge < -0.3 is 10.5 Å². The number of halogens is 7. The molecule has 1 aromatic carbocycles. The summed E-state index contributed by atoms with van der Waals surface area (Å²) in [6, 6.07) is -0.408. The second-order valence-corrected chi connectivity index (χ2v) is 4.88. The average Bonchev–Trinajstić information content (AvgIpc) is 2.41. The minimum absolute atomic E-state index is 0. The van der Waals surface area contributed by atoms with Crippen LogP contribution in [0.5, 0.6) is 5.75 Å². The van der Waals surface area contributed by atoms with Crippen LogP contribution in [0.4, 0.5) is 26.3 Å². The van der Waals surface area contributed by atoms with Crippen LogP contribution in [0.15, 0.2) is 12.1 Å². The van der Waals surface area contributed by atoms with Gasteiger partial charge in [0.25, 0.3) is 0 Å². The van der Waals surface area contributed by atoms with E-state index in [0.29, 0.717) is 18.9 Å². The Kier molecular flexibility index (Phi) is 7.69. The summed E-state index contributed by atoms with van der Waals surface area (Å²) < 4.78 is 82.4. The summed E-state index contributed by atoms with van der Waals surface area (Å²) in [5.74, 6) is -0.495. The minimum Gasteiger partial charge on any atom is -0.496 e. The molecule has 1 rings (SSSR count). The van der Waals surface area contributed by atoms with E-state index in [1.54, 1.807) is 0 Å². The van der Waals surface area contributed by atoms with Crippen LogP contribution in [-0.2, 0) is 12.4 Å². The normalized spacial score (nSPS) is 13.4. The maximum Gasteiger partial charge on any atom is 0.416 e. The maximum absolute atomic E-state index is 13.1. The zero-order valence-corrected chi connectivity index (χ0v) is 13.3. The first-order valence-electron chi connectivity index (χ1n) is 6.64. The lowest BCUT2D eigenvalue weighted by Gasteiger charge is -2.23. The summed E-state index contributed by atoms with van der Waals surface area (Å²) in [5, 5.41) is 0. The Morgan fingerprint density at radius 3 is 2.04 bits per heavy atom. The van der Waals surface area contributed by atoms with Crippen LogP contribution in [0, 0.1) is 0 Å². The topological polar surface area (TPSA) is 35.2 Å². The third kappa shape index (κ3) is 5.46. The van der Waals surface area contributed by atoms with Gasteiger partial charge in [-0.15, -0.1) is 12.4 Å². The number of rotatable bonds is 5. The molecule has 0 aromatic heterocycles. The molecule has 23 heavy (non-hydrogen) atoms. The smallest absolute Gasteiger partial charge is 0.416 e. The first-order chi connectivity index (χ1) is 10.0. The number of hydrogen-bond donors (Lipinski definition) is 1. The molecule has 0 aliphatic heterocycles. The van der Waals surface area contributed by atoms with E-state index in [2.05, 4.69) is 0 Å². The van der Waals surface area contributed by atoms with Crippen LogP contribution in [0.1, 0.15) is 48.9 Å². The lowest BCUT2D eigenvalue weighted by molar-refractivity contribution is -0.143. The first-order valence-corrected chi connectivity index (χ1v) is 6.64. The van der Waals surface area contributed by atoms with Crippen LogP contribution < -0.4 is 10.5 Å². The molecule has 0 aliphatic rings. The number of hydrogen-bond acceptors (Lipinski definition) is 2. The van der Waals surface area contributed by atoms with Crippen LogP contribution in [0.3, 0.4) is 0 Å². The zero-order valence-electron chi connectivity index (χ0n) is 12.5. The molecule has 0 bridgehead atoms. The minimum atomic E-state index is -4.95. The summed E-state index contributed by atoms with van der Waals surface area (Å²) in [5.41, 5.74) is 2.51. The second kappa shape index (κ2) is 8.10. The summed E-state index contributed by atoms with van der Waals surface area (Å²) in [4.78, 5) is 0. The lowest BCUT2D eigenvalue weighted by atomic mass is 9.93. The van der Waals surface area contributed by atoms with Gasteiger partial charge in [-0.05, 0) is 18.6 Å². The van der Waals surface area contributed by atoms with Gasteiger partial charge in [-0.1, -0.05) is 19.8 Å². The van der Waals surface area contributed by atoms with E-state index >= 15 is 0 Å². The second-order valence-electron chi connectivity index (χ2n) is 4.88. The Hall–Kier alpha value is -1.15. The Morgan fingerprint density at radius 2 is 1.65 bits per heavy atom. The fraction of sp³-hybridized carbons (Fsp3) is 0.571. The molecule has 2 N–H and O–H groups in total. The molecule has 1 atom stereocenters. The van der Waals surface area contributed by atoms with Gasteiger partial charge in [-0.3, -0.25) is 0 Å². The number of benzene rings is 1. The monoisotopic (exact) mass is 365 g/mol. The molecule has 134 valence electrons. The third-order valence-electron chi connectivity index (χ3n) is 3.23. The van der Waals surface area contributed by atoms with Crippen molar-refractivity contribution in [3.8, 4) is 5.75 Å². The highest BCUT2D eigenvalue weighted by Crippen LogP contribution is 2.43. The summed E-state index contributed by atoms with van der Waals surface area (Å²) >= 11 is 0. The van der Waals surface area contributed by atoms with Crippen molar-refractivity contribution >= 4 is 12.4 Å². The molecule has 0 saturated carbocycles. The van der Waals surface area contributed by atoms with Crippen molar-refractivity contribution in [2.45, 2.75) is 44.6 Å². The van der Waals surface area contributed by atoms with Crippen LogP contribution in [0.2, 0.25) is 0 Å². The van der Waals surface area contributed by atoms with Crippen LogP contribution in [-0.4, -0.2) is 7.11 Å². The highest BCUT2D eigenvalue weighted by molar-refractivity contribution is 5.85. The molecule has 0 fully saturated rings. The number of unbranched alkanes of at least 4 members (excludes halogenated alkanes) is 1. The van der Waals surface area contributed by atoms with Gasteiger partial charge in [0.1, 0.15) is 5.75 Å². The van der Waals surface area contributed by atoms with Crippen LogP contribution in [0.25, 0.3) is 0 Å². The number of nitrogens with two attached hydrogens (primary N) is 1. The Morgan fingerprint density at radius 1 is 1.09 bits per heavy atom. The standard InChI is InChI=1S/C14H17F6NO.ClH/c1-3-4-5-10(21)12-9(14(18,19)20)6-8(13(15,16)17)7-11(12)22-2;/h6-7,10H,3-5,21H2,1-2H3;1H/t10-;/m0./s1. The molecular weight excluding hydrogens is 348 g/mol. The van der Waals surface area contributed by atoms with Crippen molar-refractivity contribution in [2.24, 2.45) is 5.73 Å². The van der Waals surface area contributed by atoms with Gasteiger partial charge in [0, 0.05) is 11.6 Å². The van der Waals surface area contributed by atoms with Crippen molar-refractivity contribution < 1.29 is 31.1 Å². The van der Waals surface area contributed by atoms with E-state index < -0.39 is 40.8 Å². The van der Waals surface area contributed by atoms with E-state index in [1.165, 1.54) is 0 Å². The van der Waals surface area contributed by atoms with Gasteiger partial charge >= 0.3 is 12.4 Å². The molecular formula is C14H18ClF6NO. The molecule has 1 aromatic rings. The summed E-state index contributed by atoms with van der Waals surface area (Å²) in [6.07, 6.45) is -8.37. The molecule has 0 unspecified atom stereocenters. The fourth-order valence-electron chi connectivity index (χ4n) is 2.14. The van der Waals surface area contributed by atoms with Gasteiger partial charge in [0.2, 0.25) is 0 Å². The predicted octanol–water partition coefficient (Wildman–Crippen LogP) is 5.34. The predicted molar refractivity (Wildman–Crippen MR) is 76.7 cm³/mol. The van der Waals surface area contributed by atoms with E-state index in [0.717, 1.165) is 7.11 Å². The molecule has 2 nitrogen and oxygen atoms in total. The van der Waals surface area contributed by atoms with Crippen LogP contribution >= 0.6 is 12.4 Å². The van der Waals surface area contributed by atoms with Gasteiger partial charge in [0.05, 0.1) is 18.2 Å². The van der Waals surface area contributed by atoms with E-state index in [4.69, 9.17) is 10.5 Å². The number of alkyl halides is 6. The first kappa shape index (κ1) is 21.9. The van der Waals surface area contributed by atoms with Gasteiger partial charge in [-0.2, -0.15) is 26.3 Å². The summed E-state index contributed by atoms with van der Waals surface area (Å²) in [7, 11) is 1.02. The van der Waals surface area contributed by atoms with Crippen molar-refractivity contribution in [1.29, 1.82) is 0 Å². The zero-order chi connectivity index (χ0) is 17.1. The molecule has 0 heterocycles. The number of ether oxygens (including phenoxy) is 1. The Balaban J connectivity index is 0.00000484. The van der Waals surface area contributed by atoms with Crippen molar-refractivity contribution in [2.75, 3.05) is 7.11 Å². The molecule has 0 radical (unpaired) electrons. The average molecular weight is 366 g/mol. The molecule has 0 amide bonds. The van der Waals surface area contributed by atoms with Crippen molar-refractivity contribution in [3.05, 3.63) is 28.8 Å². The van der Waals surface area contributed by atoms with E-state index in [-0.39, 0.29) is 24.9 Å².